The number of rotatable bonds is 5. The molecule has 0 spiro atoms. The number of benzene rings is 1. The summed E-state index contributed by atoms with van der Waals surface area (Å²) in [5.41, 5.74) is -2.95. The largest absolute Gasteiger partial charge is 0.426 e. The third-order valence-corrected chi connectivity index (χ3v) is 6.17. The minimum Gasteiger partial charge on any atom is -0.426 e. The van der Waals surface area contributed by atoms with Crippen molar-refractivity contribution in [2.24, 2.45) is 0 Å². The zero-order valence-corrected chi connectivity index (χ0v) is 15.8. The molecule has 4 rings (SSSR count). The van der Waals surface area contributed by atoms with E-state index in [1.54, 1.807) is 30.3 Å². The Labute approximate surface area is 158 Å². The van der Waals surface area contributed by atoms with Crippen LogP contribution in [0, 0.1) is 0 Å². The Morgan fingerprint density at radius 1 is 1.30 bits per heavy atom. The van der Waals surface area contributed by atoms with Gasteiger partial charge in [0, 0.05) is 12.3 Å². The lowest BCUT2D eigenvalue weighted by atomic mass is 10.0. The maximum Gasteiger partial charge on any atom is 0.368 e. The maximum atomic E-state index is 12.1. The second-order valence-electron chi connectivity index (χ2n) is 6.53. The second-order valence-corrected chi connectivity index (χ2v) is 8.26. The number of aliphatic hydroxyl groups is 1. The van der Waals surface area contributed by atoms with Crippen LogP contribution in [0.1, 0.15) is 13.2 Å². The molecule has 11 heteroatoms. The van der Waals surface area contributed by atoms with E-state index in [2.05, 4.69) is 4.98 Å². The molecule has 1 aromatic carbocycles. The Hall–Kier alpha value is -1.90. The first kappa shape index (κ1) is 18.5. The van der Waals surface area contributed by atoms with E-state index in [9.17, 15) is 19.3 Å². The molecule has 2 unspecified atom stereocenters. The van der Waals surface area contributed by atoms with Crippen LogP contribution in [0.4, 0.5) is 0 Å². The highest BCUT2D eigenvalue weighted by Crippen LogP contribution is 2.64. The fourth-order valence-corrected chi connectivity index (χ4v) is 4.57. The van der Waals surface area contributed by atoms with Gasteiger partial charge in [-0.25, -0.2) is 9.36 Å². The van der Waals surface area contributed by atoms with E-state index in [1.165, 1.54) is 13.1 Å². The molecule has 2 heterocycles. The van der Waals surface area contributed by atoms with E-state index in [4.69, 9.17) is 25.4 Å². The highest BCUT2D eigenvalue weighted by Gasteiger charge is 2.83. The lowest BCUT2D eigenvalue weighted by molar-refractivity contribution is -0.0311. The fraction of sp³-hybridized carbons (Fsp3) is 0.375. The Morgan fingerprint density at radius 2 is 2.00 bits per heavy atom. The molecule has 2 fully saturated rings. The quantitative estimate of drug-likeness (QED) is 0.554. The van der Waals surface area contributed by atoms with Gasteiger partial charge in [-0.2, -0.15) is 0 Å². The minimum absolute atomic E-state index is 0.367. The van der Waals surface area contributed by atoms with Crippen LogP contribution in [0.5, 0.6) is 5.75 Å². The standard InChI is InChI=1S/C16H16ClN2O7P/c1-15(17)13(19-8-7-10(20)18-14(19)21)24-11-12(16(11,15)22)26-27(23)25-9-5-3-2-4-6-9/h2-8,11-13,22,27H,1H3,(H,18,20,21)/t11-,12?,13-,15+,16+/m1/s1. The Morgan fingerprint density at radius 3 is 2.59 bits per heavy atom. The second kappa shape index (κ2) is 6.32. The van der Waals surface area contributed by atoms with Crippen LogP contribution in [0.15, 0.2) is 52.2 Å². The monoisotopic (exact) mass is 414 g/mol. The number of halogens is 1. The Kier molecular flexibility index (Phi) is 4.32. The number of fused-ring (bicyclic) bond motifs is 1. The number of para-hydroxylation sites is 1. The van der Waals surface area contributed by atoms with Gasteiger partial charge >= 0.3 is 13.9 Å². The molecule has 2 N–H and O–H groups in total. The summed E-state index contributed by atoms with van der Waals surface area (Å²) in [5, 5.41) is 10.9. The SMILES string of the molecule is C[C@]1(Cl)[C@H](n2ccc(=O)[nH]c2=O)O[C@@H]2C(O[PH](=O)Oc3ccccc3)[C@@]21O. The zero-order chi connectivity index (χ0) is 19.4. The Balaban J connectivity index is 1.50. The molecule has 0 bridgehead atoms. The predicted octanol–water partition coefficient (Wildman–Crippen LogP) is 1.03. The molecule has 1 saturated carbocycles. The number of aromatic amines is 1. The minimum atomic E-state index is -2.97. The number of alkyl halides is 1. The van der Waals surface area contributed by atoms with Crippen molar-refractivity contribution in [3.8, 4) is 5.75 Å². The summed E-state index contributed by atoms with van der Waals surface area (Å²) in [6.07, 6.45) is -1.67. The molecule has 6 atom stereocenters. The van der Waals surface area contributed by atoms with Gasteiger partial charge in [-0.15, -0.1) is 11.6 Å². The van der Waals surface area contributed by atoms with Crippen molar-refractivity contribution in [3.63, 3.8) is 0 Å². The van der Waals surface area contributed by atoms with Crippen molar-refractivity contribution in [2.75, 3.05) is 0 Å². The summed E-state index contributed by atoms with van der Waals surface area (Å²) in [6, 6.07) is 9.60. The smallest absolute Gasteiger partial charge is 0.368 e. The molecule has 2 aromatic rings. The van der Waals surface area contributed by atoms with Gasteiger partial charge in [0.2, 0.25) is 0 Å². The van der Waals surface area contributed by atoms with Gasteiger partial charge < -0.3 is 14.4 Å². The lowest BCUT2D eigenvalue weighted by Crippen LogP contribution is -2.47. The van der Waals surface area contributed by atoms with Crippen LogP contribution >= 0.6 is 19.9 Å². The third kappa shape index (κ3) is 2.86. The van der Waals surface area contributed by atoms with Crippen molar-refractivity contribution < 1.29 is 23.5 Å². The molecule has 2 aliphatic rings. The van der Waals surface area contributed by atoms with E-state index in [-0.39, 0.29) is 0 Å². The topological polar surface area (TPSA) is 120 Å². The molecular formula is C16H16ClN2O7P. The van der Waals surface area contributed by atoms with Crippen LogP contribution in [-0.2, 0) is 13.8 Å². The molecule has 1 aliphatic carbocycles. The van der Waals surface area contributed by atoms with Crippen LogP contribution in [0.3, 0.4) is 0 Å². The number of hydrogen-bond donors (Lipinski definition) is 2. The van der Waals surface area contributed by atoms with Crippen LogP contribution in [-0.4, -0.2) is 37.3 Å². The number of ether oxygens (including phenoxy) is 1. The molecular weight excluding hydrogens is 399 g/mol. The average molecular weight is 415 g/mol. The summed E-state index contributed by atoms with van der Waals surface area (Å²) in [4.78, 5) is 23.8. The molecule has 1 saturated heterocycles. The van der Waals surface area contributed by atoms with Crippen LogP contribution in [0.25, 0.3) is 0 Å². The van der Waals surface area contributed by atoms with Gasteiger partial charge in [0.25, 0.3) is 5.56 Å². The average Bonchev–Trinajstić information content (AvgIpc) is 3.10. The van der Waals surface area contributed by atoms with Crippen LogP contribution in [0.2, 0.25) is 0 Å². The summed E-state index contributed by atoms with van der Waals surface area (Å²) in [5.74, 6) is 0.367. The van der Waals surface area contributed by atoms with Gasteiger partial charge in [-0.3, -0.25) is 18.9 Å². The number of nitrogens with zero attached hydrogens (tertiary/aromatic N) is 1. The summed E-state index contributed by atoms with van der Waals surface area (Å²) < 4.78 is 29.4. The zero-order valence-electron chi connectivity index (χ0n) is 14.0. The summed E-state index contributed by atoms with van der Waals surface area (Å²) in [6.45, 7) is 1.48. The number of hydrogen-bond acceptors (Lipinski definition) is 7. The van der Waals surface area contributed by atoms with Crippen molar-refractivity contribution in [1.82, 2.24) is 9.55 Å². The van der Waals surface area contributed by atoms with Crippen molar-refractivity contribution in [3.05, 3.63) is 63.4 Å². The first-order valence-corrected chi connectivity index (χ1v) is 9.67. The van der Waals surface area contributed by atoms with E-state index in [0.29, 0.717) is 5.75 Å². The van der Waals surface area contributed by atoms with Gasteiger partial charge in [-0.1, -0.05) is 18.2 Å². The van der Waals surface area contributed by atoms with Gasteiger partial charge in [-0.05, 0) is 19.1 Å². The highest BCUT2D eigenvalue weighted by molar-refractivity contribution is 7.33. The predicted molar refractivity (Wildman–Crippen MR) is 95.4 cm³/mol. The van der Waals surface area contributed by atoms with E-state index in [1.807, 2.05) is 0 Å². The summed E-state index contributed by atoms with van der Waals surface area (Å²) >= 11 is 6.51. The van der Waals surface area contributed by atoms with Crippen molar-refractivity contribution >= 4 is 19.9 Å². The maximum absolute atomic E-state index is 12.1. The molecule has 1 aliphatic heterocycles. The molecule has 0 amide bonds. The normalized spacial score (nSPS) is 35.4. The molecule has 144 valence electrons. The Bertz CT molecular complexity index is 1010. The van der Waals surface area contributed by atoms with Gasteiger partial charge in [0.05, 0.1) is 0 Å². The molecule has 1 aromatic heterocycles. The van der Waals surface area contributed by atoms with E-state index < -0.39 is 48.4 Å². The number of aromatic nitrogens is 2. The van der Waals surface area contributed by atoms with E-state index >= 15 is 0 Å². The first-order valence-electron chi connectivity index (χ1n) is 8.07. The first-order chi connectivity index (χ1) is 12.7. The van der Waals surface area contributed by atoms with Crippen LogP contribution < -0.4 is 15.8 Å². The van der Waals surface area contributed by atoms with Crippen molar-refractivity contribution in [1.29, 1.82) is 0 Å². The van der Waals surface area contributed by atoms with Gasteiger partial charge in [0.15, 0.2) is 6.23 Å². The number of H-pyrrole nitrogens is 1. The fourth-order valence-electron chi connectivity index (χ4n) is 3.31. The highest BCUT2D eigenvalue weighted by atomic mass is 35.5. The van der Waals surface area contributed by atoms with E-state index in [0.717, 1.165) is 10.6 Å². The van der Waals surface area contributed by atoms with Crippen molar-refractivity contribution in [2.45, 2.75) is 35.8 Å². The molecule has 0 radical (unpaired) electrons. The third-order valence-electron chi connectivity index (χ3n) is 4.83. The summed E-state index contributed by atoms with van der Waals surface area (Å²) in [7, 11) is -2.97. The number of nitrogens with one attached hydrogen (secondary N) is 1. The lowest BCUT2D eigenvalue weighted by Gasteiger charge is -2.32. The molecule has 27 heavy (non-hydrogen) atoms. The molecule has 9 nitrogen and oxygen atoms in total. The van der Waals surface area contributed by atoms with Gasteiger partial charge in [0.1, 0.15) is 28.4 Å².